The van der Waals surface area contributed by atoms with E-state index in [0.29, 0.717) is 0 Å². The second kappa shape index (κ2) is 5.66. The predicted molar refractivity (Wildman–Crippen MR) is 85.0 cm³/mol. The topological polar surface area (TPSA) is 66.5 Å². The highest BCUT2D eigenvalue weighted by atomic mass is 32.2. The summed E-state index contributed by atoms with van der Waals surface area (Å²) in [5.41, 5.74) is 0.971. The summed E-state index contributed by atoms with van der Waals surface area (Å²) in [6.07, 6.45) is 4.93. The molecule has 1 amide bonds. The van der Waals surface area contributed by atoms with Crippen LogP contribution in [0.1, 0.15) is 36.0 Å². The number of piperidine rings is 1. The smallest absolute Gasteiger partial charge is 0.253 e. The van der Waals surface area contributed by atoms with Crippen LogP contribution >= 0.6 is 0 Å². The highest BCUT2D eigenvalue weighted by Crippen LogP contribution is 2.49. The third-order valence-electron chi connectivity index (χ3n) is 4.87. The molecule has 3 rings (SSSR count). The van der Waals surface area contributed by atoms with Crippen LogP contribution in [0, 0.1) is 5.41 Å². The molecule has 2 fully saturated rings. The fourth-order valence-corrected chi connectivity index (χ4v) is 4.50. The van der Waals surface area contributed by atoms with Crippen molar-refractivity contribution in [2.75, 3.05) is 19.3 Å². The van der Waals surface area contributed by atoms with Gasteiger partial charge in [-0.05, 0) is 43.2 Å². The third-order valence-corrected chi connectivity index (χ3v) is 5.63. The Hall–Kier alpha value is -1.40. The van der Waals surface area contributed by atoms with E-state index in [1.807, 2.05) is 35.2 Å². The Morgan fingerprint density at radius 3 is 2.32 bits per heavy atom. The number of benzene rings is 1. The van der Waals surface area contributed by atoms with E-state index >= 15 is 0 Å². The standard InChI is InChI=1S/C16H22N2O3S/c1-22(20,21)17-14-11-16(12-14)7-9-18(10-8-16)15(19)13-5-3-2-4-6-13/h2-6,14,17H,7-12H2,1H3. The summed E-state index contributed by atoms with van der Waals surface area (Å²) < 4.78 is 25.2. The lowest BCUT2D eigenvalue weighted by Gasteiger charge is -2.52. The fraction of sp³-hybridized carbons (Fsp3) is 0.562. The summed E-state index contributed by atoms with van der Waals surface area (Å²) in [7, 11) is -3.11. The molecule has 0 unspecified atom stereocenters. The van der Waals surface area contributed by atoms with E-state index in [4.69, 9.17) is 0 Å². The highest BCUT2D eigenvalue weighted by molar-refractivity contribution is 7.88. The number of amides is 1. The second-order valence-corrected chi connectivity index (χ2v) is 8.43. The molecule has 22 heavy (non-hydrogen) atoms. The van der Waals surface area contributed by atoms with Gasteiger partial charge < -0.3 is 4.90 Å². The van der Waals surface area contributed by atoms with Crippen molar-refractivity contribution in [1.29, 1.82) is 0 Å². The molecule has 6 heteroatoms. The lowest BCUT2D eigenvalue weighted by molar-refractivity contribution is 0.0138. The Morgan fingerprint density at radius 2 is 1.77 bits per heavy atom. The van der Waals surface area contributed by atoms with Crippen molar-refractivity contribution in [2.24, 2.45) is 5.41 Å². The zero-order valence-corrected chi connectivity index (χ0v) is 13.6. The molecule has 5 nitrogen and oxygen atoms in total. The number of nitrogens with one attached hydrogen (secondary N) is 1. The number of nitrogens with zero attached hydrogens (tertiary/aromatic N) is 1. The monoisotopic (exact) mass is 322 g/mol. The molecule has 0 radical (unpaired) electrons. The maximum absolute atomic E-state index is 12.4. The molecule has 1 saturated carbocycles. The Labute approximate surface area is 131 Å². The van der Waals surface area contributed by atoms with Crippen LogP contribution in [0.5, 0.6) is 0 Å². The molecule has 1 saturated heterocycles. The summed E-state index contributed by atoms with van der Waals surface area (Å²) in [5, 5.41) is 0. The minimum atomic E-state index is -3.11. The van der Waals surface area contributed by atoms with Gasteiger partial charge in [0.15, 0.2) is 0 Å². The highest BCUT2D eigenvalue weighted by Gasteiger charge is 2.47. The lowest BCUT2D eigenvalue weighted by Crippen LogP contribution is -2.55. The zero-order valence-electron chi connectivity index (χ0n) is 12.8. The quantitative estimate of drug-likeness (QED) is 0.919. The Morgan fingerprint density at radius 1 is 1.18 bits per heavy atom. The molecular formula is C16H22N2O3S. The first-order valence-corrected chi connectivity index (χ1v) is 9.58. The van der Waals surface area contributed by atoms with Crippen molar-refractivity contribution in [3.8, 4) is 0 Å². The summed E-state index contributed by atoms with van der Waals surface area (Å²) in [5.74, 6) is 0.0978. The molecule has 0 aromatic heterocycles. The number of likely N-dealkylation sites (tertiary alicyclic amines) is 1. The van der Waals surface area contributed by atoms with E-state index < -0.39 is 10.0 Å². The van der Waals surface area contributed by atoms with Crippen molar-refractivity contribution in [2.45, 2.75) is 31.7 Å². The van der Waals surface area contributed by atoms with Crippen LogP contribution in [0.4, 0.5) is 0 Å². The summed E-state index contributed by atoms with van der Waals surface area (Å²) in [6, 6.07) is 9.44. The number of hydrogen-bond donors (Lipinski definition) is 1. The fourth-order valence-electron chi connectivity index (χ4n) is 3.73. The molecule has 1 spiro atoms. The third kappa shape index (κ3) is 3.33. The van der Waals surface area contributed by atoms with E-state index in [-0.39, 0.29) is 17.4 Å². The normalized spacial score (nSPS) is 21.6. The van der Waals surface area contributed by atoms with E-state index in [1.165, 1.54) is 6.26 Å². The molecular weight excluding hydrogens is 300 g/mol. The van der Waals surface area contributed by atoms with E-state index in [9.17, 15) is 13.2 Å². The molecule has 0 bridgehead atoms. The van der Waals surface area contributed by atoms with Crippen LogP contribution in [-0.2, 0) is 10.0 Å². The minimum Gasteiger partial charge on any atom is -0.339 e. The van der Waals surface area contributed by atoms with Gasteiger partial charge in [0.1, 0.15) is 0 Å². The molecule has 1 aromatic carbocycles. The van der Waals surface area contributed by atoms with Gasteiger partial charge in [-0.25, -0.2) is 13.1 Å². The molecule has 1 aromatic rings. The van der Waals surface area contributed by atoms with E-state index in [0.717, 1.165) is 44.3 Å². The Kier molecular flexibility index (Phi) is 3.99. The summed E-state index contributed by atoms with van der Waals surface area (Å²) in [6.45, 7) is 1.53. The first-order valence-electron chi connectivity index (χ1n) is 7.69. The zero-order chi connectivity index (χ0) is 15.8. The predicted octanol–water partition coefficient (Wildman–Crippen LogP) is 1.62. The Balaban J connectivity index is 1.53. The van der Waals surface area contributed by atoms with Gasteiger partial charge in [0.2, 0.25) is 10.0 Å². The summed E-state index contributed by atoms with van der Waals surface area (Å²) in [4.78, 5) is 14.3. The van der Waals surface area contributed by atoms with Gasteiger partial charge in [0, 0.05) is 24.7 Å². The van der Waals surface area contributed by atoms with Gasteiger partial charge in [-0.3, -0.25) is 4.79 Å². The van der Waals surface area contributed by atoms with E-state index in [1.54, 1.807) is 0 Å². The molecule has 1 N–H and O–H groups in total. The van der Waals surface area contributed by atoms with E-state index in [2.05, 4.69) is 4.72 Å². The average molecular weight is 322 g/mol. The number of carbonyl (C=O) groups is 1. The first kappa shape index (κ1) is 15.5. The Bertz CT molecular complexity index is 641. The molecule has 120 valence electrons. The van der Waals surface area contributed by atoms with Crippen LogP contribution in [0.3, 0.4) is 0 Å². The second-order valence-electron chi connectivity index (χ2n) is 6.65. The lowest BCUT2D eigenvalue weighted by atomic mass is 9.60. The van der Waals surface area contributed by atoms with Crippen molar-refractivity contribution < 1.29 is 13.2 Å². The first-order chi connectivity index (χ1) is 10.4. The van der Waals surface area contributed by atoms with Gasteiger partial charge >= 0.3 is 0 Å². The molecule has 1 heterocycles. The minimum absolute atomic E-state index is 0.0753. The molecule has 0 atom stereocenters. The van der Waals surface area contributed by atoms with Gasteiger partial charge in [-0.1, -0.05) is 18.2 Å². The van der Waals surface area contributed by atoms with Gasteiger partial charge in [0.25, 0.3) is 5.91 Å². The molecule has 1 aliphatic carbocycles. The van der Waals surface area contributed by atoms with Crippen LogP contribution in [0.15, 0.2) is 30.3 Å². The number of hydrogen-bond acceptors (Lipinski definition) is 3. The van der Waals surface area contributed by atoms with Crippen molar-refractivity contribution in [3.63, 3.8) is 0 Å². The molecule has 1 aliphatic heterocycles. The number of sulfonamides is 1. The van der Waals surface area contributed by atoms with Gasteiger partial charge in [-0.2, -0.15) is 0 Å². The SMILES string of the molecule is CS(=O)(=O)NC1CC2(CCN(C(=O)c3ccccc3)CC2)C1. The van der Waals surface area contributed by atoms with Crippen molar-refractivity contribution in [1.82, 2.24) is 9.62 Å². The number of rotatable bonds is 3. The van der Waals surface area contributed by atoms with Crippen molar-refractivity contribution in [3.05, 3.63) is 35.9 Å². The van der Waals surface area contributed by atoms with Gasteiger partial charge in [0.05, 0.1) is 6.26 Å². The average Bonchev–Trinajstić information content (AvgIpc) is 2.45. The van der Waals surface area contributed by atoms with Crippen LogP contribution in [0.25, 0.3) is 0 Å². The van der Waals surface area contributed by atoms with Gasteiger partial charge in [-0.15, -0.1) is 0 Å². The summed E-state index contributed by atoms with van der Waals surface area (Å²) >= 11 is 0. The maximum Gasteiger partial charge on any atom is 0.253 e. The maximum atomic E-state index is 12.4. The van der Waals surface area contributed by atoms with Crippen LogP contribution in [0.2, 0.25) is 0 Å². The van der Waals surface area contributed by atoms with Crippen LogP contribution in [-0.4, -0.2) is 44.6 Å². The largest absolute Gasteiger partial charge is 0.339 e. The van der Waals surface area contributed by atoms with Crippen LogP contribution < -0.4 is 4.72 Å². The molecule has 2 aliphatic rings. The number of carbonyl (C=O) groups excluding carboxylic acids is 1. The van der Waals surface area contributed by atoms with Crippen molar-refractivity contribution >= 4 is 15.9 Å².